The second-order valence-electron chi connectivity index (χ2n) is 5.50. The minimum absolute atomic E-state index is 0.628. The van der Waals surface area contributed by atoms with Crippen LogP contribution in [0.4, 0.5) is 5.82 Å². The van der Waals surface area contributed by atoms with E-state index in [9.17, 15) is 5.26 Å². The van der Waals surface area contributed by atoms with Crippen molar-refractivity contribution >= 4 is 18.0 Å². The summed E-state index contributed by atoms with van der Waals surface area (Å²) < 4.78 is 0.628. The lowest BCUT2D eigenvalue weighted by atomic mass is 9.89. The van der Waals surface area contributed by atoms with E-state index in [1.54, 1.807) is 0 Å². The van der Waals surface area contributed by atoms with Gasteiger partial charge in [-0.25, -0.2) is 0 Å². The van der Waals surface area contributed by atoms with Crippen LogP contribution in [-0.2, 0) is 12.8 Å². The zero-order valence-electron chi connectivity index (χ0n) is 11.2. The molecule has 0 amide bonds. The van der Waals surface area contributed by atoms with Gasteiger partial charge < -0.3 is 9.88 Å². The van der Waals surface area contributed by atoms with Gasteiger partial charge in [-0.1, -0.05) is 12.2 Å². The van der Waals surface area contributed by atoms with Gasteiger partial charge in [0.2, 0.25) is 0 Å². The van der Waals surface area contributed by atoms with Crippen LogP contribution in [0.2, 0.25) is 0 Å². The number of piperidine rings is 1. The first kappa shape index (κ1) is 12.7. The summed E-state index contributed by atoms with van der Waals surface area (Å²) in [6.45, 7) is 2.23. The van der Waals surface area contributed by atoms with Crippen molar-refractivity contribution in [1.82, 2.24) is 4.98 Å². The lowest BCUT2D eigenvalue weighted by Gasteiger charge is -2.32. The molecule has 1 N–H and O–H groups in total. The maximum absolute atomic E-state index is 9.33. The summed E-state index contributed by atoms with van der Waals surface area (Å²) in [4.78, 5) is 5.78. The average molecular weight is 273 g/mol. The maximum atomic E-state index is 9.33. The second-order valence-corrected chi connectivity index (χ2v) is 5.91. The van der Waals surface area contributed by atoms with E-state index >= 15 is 0 Å². The van der Waals surface area contributed by atoms with Gasteiger partial charge in [0.1, 0.15) is 16.5 Å². The van der Waals surface area contributed by atoms with E-state index in [4.69, 9.17) is 12.2 Å². The Balaban J connectivity index is 2.12. The van der Waals surface area contributed by atoms with Crippen LogP contribution in [0.15, 0.2) is 0 Å². The van der Waals surface area contributed by atoms with Crippen LogP contribution in [-0.4, -0.2) is 18.1 Å². The molecule has 0 unspecified atom stereocenters. The third-order valence-corrected chi connectivity index (χ3v) is 4.60. The standard InChI is InChI=1S/C15H19N3S/c16-10-13-11-6-2-3-7-12(11)14(17-15(13)19)18-8-4-1-5-9-18/h1-9H2,(H,17,19). The topological polar surface area (TPSA) is 42.8 Å². The largest absolute Gasteiger partial charge is 0.358 e. The highest BCUT2D eigenvalue weighted by molar-refractivity contribution is 7.71. The molecule has 2 aliphatic rings. The molecule has 3 nitrogen and oxygen atoms in total. The van der Waals surface area contributed by atoms with Crippen LogP contribution in [0.1, 0.15) is 48.8 Å². The molecule has 3 rings (SSSR count). The fraction of sp³-hybridized carbons (Fsp3) is 0.600. The van der Waals surface area contributed by atoms with E-state index in [0.717, 1.165) is 25.9 Å². The van der Waals surface area contributed by atoms with Crippen LogP contribution >= 0.6 is 12.2 Å². The number of aromatic amines is 1. The third-order valence-electron chi connectivity index (χ3n) is 4.30. The Morgan fingerprint density at radius 1 is 1.00 bits per heavy atom. The highest BCUT2D eigenvalue weighted by Gasteiger charge is 2.22. The summed E-state index contributed by atoms with van der Waals surface area (Å²) in [7, 11) is 0. The smallest absolute Gasteiger partial charge is 0.123 e. The summed E-state index contributed by atoms with van der Waals surface area (Å²) in [5.74, 6) is 1.21. The van der Waals surface area contributed by atoms with Gasteiger partial charge >= 0.3 is 0 Å². The fourth-order valence-electron chi connectivity index (χ4n) is 3.33. The van der Waals surface area contributed by atoms with Crippen LogP contribution in [0.3, 0.4) is 0 Å². The number of anilines is 1. The van der Waals surface area contributed by atoms with Crippen molar-refractivity contribution in [3.05, 3.63) is 21.3 Å². The van der Waals surface area contributed by atoms with E-state index in [0.29, 0.717) is 10.2 Å². The second kappa shape index (κ2) is 5.34. The Hall–Kier alpha value is -1.34. The molecule has 0 atom stereocenters. The van der Waals surface area contributed by atoms with Gasteiger partial charge in [0.25, 0.3) is 0 Å². The molecule has 19 heavy (non-hydrogen) atoms. The fourth-order valence-corrected chi connectivity index (χ4v) is 3.60. The average Bonchev–Trinajstić information content (AvgIpc) is 2.47. The number of fused-ring (bicyclic) bond motifs is 1. The Morgan fingerprint density at radius 3 is 2.37 bits per heavy atom. The van der Waals surface area contributed by atoms with Crippen molar-refractivity contribution in [3.8, 4) is 6.07 Å². The molecule has 0 saturated carbocycles. The van der Waals surface area contributed by atoms with Crippen LogP contribution in [0.25, 0.3) is 0 Å². The summed E-state index contributed by atoms with van der Waals surface area (Å²) in [5, 5.41) is 9.33. The number of hydrogen-bond donors (Lipinski definition) is 1. The van der Waals surface area contributed by atoms with Crippen molar-refractivity contribution < 1.29 is 0 Å². The van der Waals surface area contributed by atoms with Crippen molar-refractivity contribution in [2.24, 2.45) is 0 Å². The molecule has 100 valence electrons. The number of nitrogens with one attached hydrogen (secondary N) is 1. The molecular weight excluding hydrogens is 254 g/mol. The molecule has 0 bridgehead atoms. The number of rotatable bonds is 1. The van der Waals surface area contributed by atoms with E-state index in [2.05, 4.69) is 16.0 Å². The minimum atomic E-state index is 0.628. The van der Waals surface area contributed by atoms with E-state index in [-0.39, 0.29) is 0 Å². The summed E-state index contributed by atoms with van der Waals surface area (Å²) in [6, 6.07) is 2.30. The molecule has 1 fully saturated rings. The van der Waals surface area contributed by atoms with Gasteiger partial charge in [-0.3, -0.25) is 0 Å². The predicted molar refractivity (Wildman–Crippen MR) is 79.0 cm³/mol. The van der Waals surface area contributed by atoms with Gasteiger partial charge in [-0.15, -0.1) is 0 Å². The lowest BCUT2D eigenvalue weighted by Crippen LogP contribution is -2.32. The van der Waals surface area contributed by atoms with Crippen molar-refractivity contribution in [3.63, 3.8) is 0 Å². The first-order valence-corrected chi connectivity index (χ1v) is 7.65. The van der Waals surface area contributed by atoms with Gasteiger partial charge in [-0.2, -0.15) is 5.26 Å². The Kier molecular flexibility index (Phi) is 3.56. The molecule has 0 radical (unpaired) electrons. The number of aromatic nitrogens is 1. The SMILES string of the molecule is N#Cc1c2c(c(N3CCCCC3)[nH]c1=S)CCCC2. The van der Waals surface area contributed by atoms with Gasteiger partial charge in [0.05, 0.1) is 5.56 Å². The van der Waals surface area contributed by atoms with E-state index in [1.165, 1.54) is 49.0 Å². The van der Waals surface area contributed by atoms with Gasteiger partial charge in [0, 0.05) is 13.1 Å². The zero-order valence-corrected chi connectivity index (χ0v) is 12.0. The number of nitrogens with zero attached hydrogens (tertiary/aromatic N) is 2. The summed E-state index contributed by atoms with van der Waals surface area (Å²) in [6.07, 6.45) is 8.35. The molecule has 2 heterocycles. The first-order chi connectivity index (χ1) is 9.31. The molecule has 1 aromatic heterocycles. The first-order valence-electron chi connectivity index (χ1n) is 7.24. The quantitative estimate of drug-likeness (QED) is 0.797. The van der Waals surface area contributed by atoms with Crippen molar-refractivity contribution in [1.29, 1.82) is 5.26 Å². The number of H-pyrrole nitrogens is 1. The lowest BCUT2D eigenvalue weighted by molar-refractivity contribution is 0.567. The molecule has 1 aliphatic carbocycles. The Labute approximate surface area is 119 Å². The molecule has 1 saturated heterocycles. The van der Waals surface area contributed by atoms with Crippen molar-refractivity contribution in [2.45, 2.75) is 44.9 Å². The van der Waals surface area contributed by atoms with Gasteiger partial charge in [0.15, 0.2) is 0 Å². The molecule has 4 heteroatoms. The highest BCUT2D eigenvalue weighted by atomic mass is 32.1. The van der Waals surface area contributed by atoms with Crippen LogP contribution < -0.4 is 4.90 Å². The molecule has 0 aromatic carbocycles. The normalized spacial score (nSPS) is 18.8. The van der Waals surface area contributed by atoms with Crippen LogP contribution in [0, 0.1) is 16.0 Å². The molecule has 0 spiro atoms. The molecule has 1 aromatic rings. The summed E-state index contributed by atoms with van der Waals surface area (Å²) in [5.41, 5.74) is 3.29. The third kappa shape index (κ3) is 2.28. The monoisotopic (exact) mass is 273 g/mol. The zero-order chi connectivity index (χ0) is 13.2. The number of nitriles is 1. The van der Waals surface area contributed by atoms with Gasteiger partial charge in [-0.05, 0) is 56.1 Å². The van der Waals surface area contributed by atoms with Crippen LogP contribution in [0.5, 0.6) is 0 Å². The van der Waals surface area contributed by atoms with Crippen molar-refractivity contribution in [2.75, 3.05) is 18.0 Å². The van der Waals surface area contributed by atoms with E-state index < -0.39 is 0 Å². The molecule has 1 aliphatic heterocycles. The Bertz CT molecular complexity index is 576. The summed E-state index contributed by atoms with van der Waals surface area (Å²) >= 11 is 5.39. The number of pyridine rings is 1. The minimum Gasteiger partial charge on any atom is -0.358 e. The molecular formula is C15H19N3S. The maximum Gasteiger partial charge on any atom is 0.123 e. The Morgan fingerprint density at radius 2 is 1.68 bits per heavy atom. The predicted octanol–water partition coefficient (Wildman–Crippen LogP) is 3.48. The number of hydrogen-bond acceptors (Lipinski definition) is 3. The highest BCUT2D eigenvalue weighted by Crippen LogP contribution is 2.32. The van der Waals surface area contributed by atoms with E-state index in [1.807, 2.05) is 0 Å².